The second kappa shape index (κ2) is 8.32. The maximum atomic E-state index is 13.5. The zero-order chi connectivity index (χ0) is 16.7. The van der Waals surface area contributed by atoms with Crippen molar-refractivity contribution in [2.75, 3.05) is 11.9 Å². The number of benzene rings is 2. The molecule has 1 amide bonds. The predicted molar refractivity (Wildman–Crippen MR) is 91.9 cm³/mol. The van der Waals surface area contributed by atoms with E-state index < -0.39 is 0 Å². The number of aryl methyl sites for hydroxylation is 2. The van der Waals surface area contributed by atoms with Crippen LogP contribution in [0, 0.1) is 12.7 Å². The lowest BCUT2D eigenvalue weighted by molar-refractivity contribution is -0.121. The SMILES string of the molecule is CCc1cccc(C)c1NCCC(=O)NCc1ccccc1F. The van der Waals surface area contributed by atoms with Gasteiger partial charge in [0, 0.05) is 30.8 Å². The fraction of sp³-hybridized carbons (Fsp3) is 0.316. The highest BCUT2D eigenvalue weighted by molar-refractivity contribution is 5.76. The van der Waals surface area contributed by atoms with Crippen LogP contribution in [0.3, 0.4) is 0 Å². The Kier molecular flexibility index (Phi) is 6.15. The van der Waals surface area contributed by atoms with Gasteiger partial charge in [-0.05, 0) is 30.5 Å². The molecule has 2 rings (SSSR count). The predicted octanol–water partition coefficient (Wildman–Crippen LogP) is 3.81. The van der Waals surface area contributed by atoms with Gasteiger partial charge in [0.2, 0.25) is 5.91 Å². The zero-order valence-electron chi connectivity index (χ0n) is 13.7. The van der Waals surface area contributed by atoms with E-state index >= 15 is 0 Å². The van der Waals surface area contributed by atoms with Crippen molar-refractivity contribution in [1.82, 2.24) is 5.32 Å². The van der Waals surface area contributed by atoms with Gasteiger partial charge in [-0.25, -0.2) is 4.39 Å². The van der Waals surface area contributed by atoms with Crippen molar-refractivity contribution in [1.29, 1.82) is 0 Å². The van der Waals surface area contributed by atoms with Crippen LogP contribution in [-0.4, -0.2) is 12.5 Å². The Hall–Kier alpha value is -2.36. The molecule has 0 fully saturated rings. The average Bonchev–Trinajstić information content (AvgIpc) is 2.55. The van der Waals surface area contributed by atoms with E-state index in [1.54, 1.807) is 18.2 Å². The summed E-state index contributed by atoms with van der Waals surface area (Å²) >= 11 is 0. The third kappa shape index (κ3) is 4.81. The Morgan fingerprint density at radius 2 is 1.83 bits per heavy atom. The topological polar surface area (TPSA) is 41.1 Å². The van der Waals surface area contributed by atoms with E-state index in [2.05, 4.69) is 36.6 Å². The third-order valence-electron chi connectivity index (χ3n) is 3.83. The summed E-state index contributed by atoms with van der Waals surface area (Å²) in [6.45, 7) is 4.94. The molecule has 0 aliphatic heterocycles. The van der Waals surface area contributed by atoms with E-state index in [1.807, 2.05) is 6.07 Å². The number of nitrogens with one attached hydrogen (secondary N) is 2. The van der Waals surface area contributed by atoms with Crippen molar-refractivity contribution in [3.05, 3.63) is 65.0 Å². The van der Waals surface area contributed by atoms with Crippen LogP contribution >= 0.6 is 0 Å². The first-order valence-corrected chi connectivity index (χ1v) is 7.94. The molecule has 0 aliphatic carbocycles. The highest BCUT2D eigenvalue weighted by Crippen LogP contribution is 2.20. The summed E-state index contributed by atoms with van der Waals surface area (Å²) in [5.41, 5.74) is 4.03. The highest BCUT2D eigenvalue weighted by Gasteiger charge is 2.06. The molecule has 0 radical (unpaired) electrons. The van der Waals surface area contributed by atoms with Crippen LogP contribution in [0.4, 0.5) is 10.1 Å². The van der Waals surface area contributed by atoms with Gasteiger partial charge in [0.1, 0.15) is 5.82 Å². The maximum Gasteiger partial charge on any atom is 0.222 e. The molecule has 0 saturated carbocycles. The standard InChI is InChI=1S/C19H23FN2O/c1-3-15-9-6-7-14(2)19(15)21-12-11-18(23)22-13-16-8-4-5-10-17(16)20/h4-10,21H,3,11-13H2,1-2H3,(H,22,23). The molecular weight excluding hydrogens is 291 g/mol. The number of carbonyl (C=O) groups excluding carboxylic acids is 1. The molecule has 0 unspecified atom stereocenters. The summed E-state index contributed by atoms with van der Waals surface area (Å²) in [5, 5.41) is 6.09. The number of amides is 1. The average molecular weight is 314 g/mol. The van der Waals surface area contributed by atoms with Crippen LogP contribution in [-0.2, 0) is 17.8 Å². The first kappa shape index (κ1) is 17.0. The molecule has 3 nitrogen and oxygen atoms in total. The molecule has 2 aromatic carbocycles. The molecule has 2 aromatic rings. The largest absolute Gasteiger partial charge is 0.384 e. The van der Waals surface area contributed by atoms with Gasteiger partial charge in [0.05, 0.1) is 0 Å². The molecule has 23 heavy (non-hydrogen) atoms. The molecule has 0 aromatic heterocycles. The number of hydrogen-bond acceptors (Lipinski definition) is 2. The van der Waals surface area contributed by atoms with Gasteiger partial charge in [-0.3, -0.25) is 4.79 Å². The Morgan fingerprint density at radius 3 is 2.57 bits per heavy atom. The molecule has 0 heterocycles. The van der Waals surface area contributed by atoms with Gasteiger partial charge in [-0.2, -0.15) is 0 Å². The second-order valence-electron chi connectivity index (χ2n) is 5.51. The summed E-state index contributed by atoms with van der Waals surface area (Å²) < 4.78 is 13.5. The van der Waals surface area contributed by atoms with Crippen LogP contribution in [0.5, 0.6) is 0 Å². The maximum absolute atomic E-state index is 13.5. The van der Waals surface area contributed by atoms with Crippen molar-refractivity contribution in [2.45, 2.75) is 33.2 Å². The summed E-state index contributed by atoms with van der Waals surface area (Å²) in [7, 11) is 0. The first-order chi connectivity index (χ1) is 11.1. The number of halogens is 1. The van der Waals surface area contributed by atoms with Gasteiger partial charge < -0.3 is 10.6 Å². The molecule has 122 valence electrons. The van der Waals surface area contributed by atoms with Crippen molar-refractivity contribution >= 4 is 11.6 Å². The van der Waals surface area contributed by atoms with Gasteiger partial charge in [-0.15, -0.1) is 0 Å². The van der Waals surface area contributed by atoms with Crippen LogP contribution in [0.1, 0.15) is 30.0 Å². The normalized spacial score (nSPS) is 10.4. The smallest absolute Gasteiger partial charge is 0.222 e. The fourth-order valence-electron chi connectivity index (χ4n) is 2.50. The van der Waals surface area contributed by atoms with Gasteiger partial charge in [0.15, 0.2) is 0 Å². The van der Waals surface area contributed by atoms with E-state index in [1.165, 1.54) is 17.2 Å². The number of hydrogen-bond donors (Lipinski definition) is 2. The van der Waals surface area contributed by atoms with Crippen LogP contribution in [0.15, 0.2) is 42.5 Å². The van der Waals surface area contributed by atoms with E-state index in [4.69, 9.17) is 0 Å². The number of anilines is 1. The van der Waals surface area contributed by atoms with Crippen LogP contribution < -0.4 is 10.6 Å². The minimum atomic E-state index is -0.293. The molecule has 4 heteroatoms. The monoisotopic (exact) mass is 314 g/mol. The van der Waals surface area contributed by atoms with E-state index in [0.29, 0.717) is 18.5 Å². The molecule has 0 bridgehead atoms. The molecule has 0 spiro atoms. The van der Waals surface area contributed by atoms with E-state index in [9.17, 15) is 9.18 Å². The molecule has 2 N–H and O–H groups in total. The first-order valence-electron chi connectivity index (χ1n) is 7.94. The fourth-order valence-corrected chi connectivity index (χ4v) is 2.50. The quantitative estimate of drug-likeness (QED) is 0.816. The Balaban J connectivity index is 1.80. The lowest BCUT2D eigenvalue weighted by atomic mass is 10.1. The van der Waals surface area contributed by atoms with Crippen molar-refractivity contribution < 1.29 is 9.18 Å². The minimum Gasteiger partial charge on any atom is -0.384 e. The lowest BCUT2D eigenvalue weighted by Crippen LogP contribution is -2.25. The van der Waals surface area contributed by atoms with Crippen molar-refractivity contribution in [2.24, 2.45) is 0 Å². The summed E-state index contributed by atoms with van der Waals surface area (Å²) in [5.74, 6) is -0.384. The lowest BCUT2D eigenvalue weighted by Gasteiger charge is -2.14. The summed E-state index contributed by atoms with van der Waals surface area (Å²) in [6.07, 6.45) is 1.30. The Labute approximate surface area is 136 Å². The second-order valence-corrected chi connectivity index (χ2v) is 5.51. The Bertz CT molecular complexity index is 670. The number of para-hydroxylation sites is 1. The van der Waals surface area contributed by atoms with E-state index in [-0.39, 0.29) is 18.3 Å². The van der Waals surface area contributed by atoms with Gasteiger partial charge >= 0.3 is 0 Å². The highest BCUT2D eigenvalue weighted by atomic mass is 19.1. The third-order valence-corrected chi connectivity index (χ3v) is 3.83. The number of carbonyl (C=O) groups is 1. The minimum absolute atomic E-state index is 0.0904. The van der Waals surface area contributed by atoms with Gasteiger partial charge in [0.25, 0.3) is 0 Å². The molecule has 0 saturated heterocycles. The summed E-state index contributed by atoms with van der Waals surface area (Å²) in [6, 6.07) is 12.7. The van der Waals surface area contributed by atoms with E-state index in [0.717, 1.165) is 12.1 Å². The molecular formula is C19H23FN2O. The van der Waals surface area contributed by atoms with Crippen molar-refractivity contribution in [3.63, 3.8) is 0 Å². The Morgan fingerprint density at radius 1 is 1.09 bits per heavy atom. The summed E-state index contributed by atoms with van der Waals surface area (Å²) in [4.78, 5) is 11.9. The number of rotatable bonds is 7. The molecule has 0 atom stereocenters. The molecule has 0 aliphatic rings. The van der Waals surface area contributed by atoms with Gasteiger partial charge in [-0.1, -0.05) is 43.3 Å². The van der Waals surface area contributed by atoms with Crippen molar-refractivity contribution in [3.8, 4) is 0 Å². The van der Waals surface area contributed by atoms with Crippen LogP contribution in [0.2, 0.25) is 0 Å². The van der Waals surface area contributed by atoms with Crippen LogP contribution in [0.25, 0.3) is 0 Å². The zero-order valence-corrected chi connectivity index (χ0v) is 13.7.